The third-order valence-electron chi connectivity index (χ3n) is 5.18. The van der Waals surface area contributed by atoms with E-state index in [-0.39, 0.29) is 17.9 Å². The zero-order chi connectivity index (χ0) is 20.4. The molecule has 2 aromatic rings. The Kier molecular flexibility index (Phi) is 5.41. The quantitative estimate of drug-likeness (QED) is 0.563. The maximum Gasteiger partial charge on any atom is 0.338 e. The molecular weight excluding hydrogens is 350 g/mol. The molecule has 0 aliphatic carbocycles. The molecule has 4 heteroatoms. The van der Waals surface area contributed by atoms with E-state index in [1.807, 2.05) is 42.5 Å². The van der Waals surface area contributed by atoms with Crippen LogP contribution in [0.25, 0.3) is 0 Å². The fraction of sp³-hybridized carbons (Fsp3) is 0.333. The summed E-state index contributed by atoms with van der Waals surface area (Å²) in [6.45, 7) is 10.6. The second-order valence-electron chi connectivity index (χ2n) is 8.07. The summed E-state index contributed by atoms with van der Waals surface area (Å²) in [5.41, 5.74) is 1.89. The summed E-state index contributed by atoms with van der Waals surface area (Å²) in [6.07, 6.45) is 1.74. The van der Waals surface area contributed by atoms with Crippen molar-refractivity contribution in [3.8, 4) is 0 Å². The SMILES string of the molecule is C=C[C@@H](c1ccccc1)[C@@]1(C(=O)OC)COC(c2ccc(C(C)(C)C)cc2)=N1. The average molecular weight is 377 g/mol. The number of esters is 1. The van der Waals surface area contributed by atoms with Crippen LogP contribution in [-0.2, 0) is 19.7 Å². The second kappa shape index (κ2) is 7.63. The van der Waals surface area contributed by atoms with E-state index in [1.165, 1.54) is 12.7 Å². The van der Waals surface area contributed by atoms with Crippen LogP contribution in [0.4, 0.5) is 0 Å². The van der Waals surface area contributed by atoms with Crippen molar-refractivity contribution < 1.29 is 14.3 Å². The maximum atomic E-state index is 12.8. The summed E-state index contributed by atoms with van der Waals surface area (Å²) in [5.74, 6) is -0.330. The van der Waals surface area contributed by atoms with Gasteiger partial charge in [-0.15, -0.1) is 6.58 Å². The van der Waals surface area contributed by atoms with Gasteiger partial charge in [0.1, 0.15) is 6.61 Å². The zero-order valence-electron chi connectivity index (χ0n) is 16.9. The van der Waals surface area contributed by atoms with Gasteiger partial charge in [0.05, 0.1) is 7.11 Å². The van der Waals surface area contributed by atoms with E-state index in [9.17, 15) is 4.79 Å². The van der Waals surface area contributed by atoms with Crippen LogP contribution in [0.5, 0.6) is 0 Å². The van der Waals surface area contributed by atoms with Crippen molar-refractivity contribution in [2.45, 2.75) is 37.6 Å². The number of benzene rings is 2. The lowest BCUT2D eigenvalue weighted by Gasteiger charge is -2.28. The van der Waals surface area contributed by atoms with Gasteiger partial charge < -0.3 is 9.47 Å². The summed E-state index contributed by atoms with van der Waals surface area (Å²) < 4.78 is 11.0. The van der Waals surface area contributed by atoms with Crippen molar-refractivity contribution in [3.63, 3.8) is 0 Å². The fourth-order valence-electron chi connectivity index (χ4n) is 3.52. The number of carbonyl (C=O) groups excluding carboxylic acids is 1. The minimum Gasteiger partial charge on any atom is -0.474 e. The predicted octanol–water partition coefficient (Wildman–Crippen LogP) is 4.64. The van der Waals surface area contributed by atoms with Crippen LogP contribution in [0, 0.1) is 0 Å². The second-order valence-corrected chi connectivity index (χ2v) is 8.07. The van der Waals surface area contributed by atoms with E-state index in [2.05, 4.69) is 39.5 Å². The Bertz CT molecular complexity index is 878. The number of aliphatic imine (C=N–C) groups is 1. The highest BCUT2D eigenvalue weighted by Crippen LogP contribution is 2.38. The van der Waals surface area contributed by atoms with Crippen molar-refractivity contribution in [1.82, 2.24) is 0 Å². The van der Waals surface area contributed by atoms with Crippen LogP contribution in [-0.4, -0.2) is 31.1 Å². The minimum atomic E-state index is -1.18. The first-order chi connectivity index (χ1) is 13.3. The molecule has 1 aliphatic rings. The number of nitrogens with zero attached hydrogens (tertiary/aromatic N) is 1. The van der Waals surface area contributed by atoms with E-state index >= 15 is 0 Å². The lowest BCUT2D eigenvalue weighted by atomic mass is 9.80. The van der Waals surface area contributed by atoms with Crippen molar-refractivity contribution in [2.24, 2.45) is 4.99 Å². The molecule has 146 valence electrons. The Balaban J connectivity index is 2.03. The zero-order valence-corrected chi connectivity index (χ0v) is 16.9. The van der Waals surface area contributed by atoms with Gasteiger partial charge in [-0.1, -0.05) is 69.3 Å². The van der Waals surface area contributed by atoms with Crippen LogP contribution in [0.15, 0.2) is 72.2 Å². The van der Waals surface area contributed by atoms with Crippen molar-refractivity contribution in [2.75, 3.05) is 13.7 Å². The van der Waals surface area contributed by atoms with Gasteiger partial charge in [-0.25, -0.2) is 9.79 Å². The van der Waals surface area contributed by atoms with Gasteiger partial charge >= 0.3 is 5.97 Å². The van der Waals surface area contributed by atoms with Crippen LogP contribution >= 0.6 is 0 Å². The molecule has 2 aromatic carbocycles. The van der Waals surface area contributed by atoms with Gasteiger partial charge in [-0.3, -0.25) is 0 Å². The lowest BCUT2D eigenvalue weighted by Crippen LogP contribution is -2.44. The molecule has 0 fully saturated rings. The molecule has 4 nitrogen and oxygen atoms in total. The smallest absolute Gasteiger partial charge is 0.338 e. The van der Waals surface area contributed by atoms with Crippen LogP contribution in [0.1, 0.15) is 43.4 Å². The van der Waals surface area contributed by atoms with Gasteiger partial charge in [0.2, 0.25) is 11.4 Å². The number of rotatable bonds is 5. The number of carbonyl (C=O) groups is 1. The summed E-state index contributed by atoms with van der Waals surface area (Å²) in [7, 11) is 1.38. The molecule has 2 atom stereocenters. The monoisotopic (exact) mass is 377 g/mol. The first-order valence-corrected chi connectivity index (χ1v) is 9.41. The highest BCUT2D eigenvalue weighted by Gasteiger charge is 2.51. The molecule has 0 saturated heterocycles. The minimum absolute atomic E-state index is 0.0634. The normalized spacial score (nSPS) is 20.1. The summed E-state index contributed by atoms with van der Waals surface area (Å²) in [4.78, 5) is 17.6. The highest BCUT2D eigenvalue weighted by molar-refractivity contribution is 5.99. The first kappa shape index (κ1) is 19.9. The van der Waals surface area contributed by atoms with Gasteiger partial charge in [-0.2, -0.15) is 0 Å². The summed E-state index contributed by atoms with van der Waals surface area (Å²) in [6, 6.07) is 17.8. The van der Waals surface area contributed by atoms with E-state index in [0.29, 0.717) is 5.90 Å². The van der Waals surface area contributed by atoms with Crippen molar-refractivity contribution >= 4 is 11.9 Å². The molecule has 1 heterocycles. The van der Waals surface area contributed by atoms with Gasteiger partial charge in [0.25, 0.3) is 0 Å². The van der Waals surface area contributed by atoms with Crippen molar-refractivity contribution in [3.05, 3.63) is 83.9 Å². The topological polar surface area (TPSA) is 47.9 Å². The van der Waals surface area contributed by atoms with E-state index < -0.39 is 11.5 Å². The number of hydrogen-bond donors (Lipinski definition) is 0. The lowest BCUT2D eigenvalue weighted by molar-refractivity contribution is -0.147. The Morgan fingerprint density at radius 3 is 2.36 bits per heavy atom. The third-order valence-corrected chi connectivity index (χ3v) is 5.18. The number of hydrogen-bond acceptors (Lipinski definition) is 4. The Morgan fingerprint density at radius 2 is 1.82 bits per heavy atom. The first-order valence-electron chi connectivity index (χ1n) is 9.41. The van der Waals surface area contributed by atoms with Crippen molar-refractivity contribution in [1.29, 1.82) is 0 Å². The summed E-state index contributed by atoms with van der Waals surface area (Å²) >= 11 is 0. The number of ether oxygens (including phenoxy) is 2. The largest absolute Gasteiger partial charge is 0.474 e. The van der Waals surface area contributed by atoms with E-state index in [0.717, 1.165) is 11.1 Å². The Hall–Kier alpha value is -2.88. The molecule has 0 amide bonds. The molecular formula is C24H27NO3. The highest BCUT2D eigenvalue weighted by atomic mass is 16.5. The number of methoxy groups -OCH3 is 1. The molecule has 0 N–H and O–H groups in total. The standard InChI is InChI=1S/C24H27NO3/c1-6-20(17-10-8-7-9-11-17)24(22(26)27-5)16-28-21(25-24)18-12-14-19(15-13-18)23(2,3)4/h6-15,20H,1,16H2,2-5H3/t20-,24+/m0/s1. The van der Waals surface area contributed by atoms with Gasteiger partial charge in [0, 0.05) is 11.5 Å². The predicted molar refractivity (Wildman–Crippen MR) is 112 cm³/mol. The maximum absolute atomic E-state index is 12.8. The molecule has 0 spiro atoms. The average Bonchev–Trinajstić information content (AvgIpc) is 3.14. The summed E-state index contributed by atoms with van der Waals surface area (Å²) in [5, 5.41) is 0. The molecule has 3 rings (SSSR count). The Labute approximate surface area is 166 Å². The van der Waals surface area contributed by atoms with Gasteiger partial charge in [0.15, 0.2) is 0 Å². The molecule has 0 radical (unpaired) electrons. The van der Waals surface area contributed by atoms with Crippen LogP contribution < -0.4 is 0 Å². The molecule has 28 heavy (non-hydrogen) atoms. The van der Waals surface area contributed by atoms with Crippen LogP contribution in [0.2, 0.25) is 0 Å². The van der Waals surface area contributed by atoms with E-state index in [4.69, 9.17) is 14.5 Å². The molecule has 0 aromatic heterocycles. The Morgan fingerprint density at radius 1 is 1.18 bits per heavy atom. The third kappa shape index (κ3) is 3.59. The molecule has 0 bridgehead atoms. The molecule has 0 unspecified atom stereocenters. The molecule has 0 saturated carbocycles. The van der Waals surface area contributed by atoms with Crippen LogP contribution in [0.3, 0.4) is 0 Å². The molecule has 1 aliphatic heterocycles. The fourth-order valence-corrected chi connectivity index (χ4v) is 3.52. The van der Waals surface area contributed by atoms with Gasteiger partial charge in [-0.05, 0) is 28.7 Å². The van der Waals surface area contributed by atoms with E-state index in [1.54, 1.807) is 6.08 Å².